The molecule has 4 N–H and O–H groups in total. The van der Waals surface area contributed by atoms with Gasteiger partial charge in [0, 0.05) is 45.1 Å². The van der Waals surface area contributed by atoms with Crippen molar-refractivity contribution in [3.8, 4) is 0 Å². The van der Waals surface area contributed by atoms with Gasteiger partial charge in [0.25, 0.3) is 0 Å². The lowest BCUT2D eigenvalue weighted by atomic mass is 10.1. The van der Waals surface area contributed by atoms with Gasteiger partial charge in [0.1, 0.15) is 6.04 Å². The number of hydrogen-bond donors (Lipinski definition) is 4. The van der Waals surface area contributed by atoms with E-state index in [0.29, 0.717) is 32.4 Å². The summed E-state index contributed by atoms with van der Waals surface area (Å²) in [6, 6.07) is -1.03. The maximum Gasteiger partial charge on any atom is 0.306 e. The molecule has 0 aromatic carbocycles. The summed E-state index contributed by atoms with van der Waals surface area (Å²) in [5.74, 6) is -2.21. The lowest BCUT2D eigenvalue weighted by Crippen LogP contribution is -2.53. The average molecular weight is 884 g/mol. The van der Waals surface area contributed by atoms with E-state index in [1.54, 1.807) is 18.0 Å². The van der Waals surface area contributed by atoms with E-state index in [4.69, 9.17) is 5.11 Å². The largest absolute Gasteiger partial charge is 0.481 e. The number of nitrogens with one attached hydrogen (secondary N) is 3. The van der Waals surface area contributed by atoms with Gasteiger partial charge >= 0.3 is 5.97 Å². The van der Waals surface area contributed by atoms with E-state index in [1.807, 2.05) is 0 Å². The molecule has 0 aromatic heterocycles. The predicted molar refractivity (Wildman–Crippen MR) is 261 cm³/mol. The SMILES string of the molecule is CCCCCCCC/C=C\CCCCCCCC(=O)NCC(NC(=O)CCCCCCC/C=C\CCCCCCCC)C(=O)NCC/N=C\C1CCCN1C(=O)CCC(C)C(=O)O. The van der Waals surface area contributed by atoms with Crippen molar-refractivity contribution in [1.29, 1.82) is 0 Å². The number of rotatable bonds is 42. The molecule has 0 bridgehead atoms. The number of allylic oxidation sites excluding steroid dienone is 4. The zero-order chi connectivity index (χ0) is 46.0. The molecule has 1 heterocycles. The fraction of sp³-hybridized carbons (Fsp3) is 0.808. The quantitative estimate of drug-likeness (QED) is 0.0272. The minimum atomic E-state index is -0.902. The number of aliphatic imine (C=N–C) groups is 1. The van der Waals surface area contributed by atoms with E-state index in [9.17, 15) is 24.0 Å². The Hall–Kier alpha value is -3.50. The number of carboxylic acid groups (broad SMARTS) is 1. The molecule has 1 aliphatic rings. The smallest absolute Gasteiger partial charge is 0.306 e. The number of amides is 4. The fourth-order valence-corrected chi connectivity index (χ4v) is 7.92. The number of unbranched alkanes of at least 4 members (excludes halogenated alkanes) is 22. The summed E-state index contributed by atoms with van der Waals surface area (Å²) >= 11 is 0. The van der Waals surface area contributed by atoms with Gasteiger partial charge in [0.05, 0.1) is 18.5 Å². The van der Waals surface area contributed by atoms with Crippen molar-refractivity contribution in [2.75, 3.05) is 26.2 Å². The van der Waals surface area contributed by atoms with Gasteiger partial charge in [-0.3, -0.25) is 29.0 Å². The highest BCUT2D eigenvalue weighted by Crippen LogP contribution is 2.19. The first-order valence-electron chi connectivity index (χ1n) is 25.8. The summed E-state index contributed by atoms with van der Waals surface area (Å²) < 4.78 is 0. The summed E-state index contributed by atoms with van der Waals surface area (Å²) in [6.45, 7) is 7.31. The van der Waals surface area contributed by atoms with Crippen molar-refractivity contribution in [2.24, 2.45) is 10.9 Å². The van der Waals surface area contributed by atoms with Crippen LogP contribution in [0.3, 0.4) is 0 Å². The molecular formula is C52H93N5O6. The number of nitrogens with zero attached hydrogens (tertiary/aromatic N) is 2. The van der Waals surface area contributed by atoms with Crippen LogP contribution in [0, 0.1) is 5.92 Å². The zero-order valence-electron chi connectivity index (χ0n) is 40.5. The van der Waals surface area contributed by atoms with Gasteiger partial charge in [-0.05, 0) is 83.5 Å². The van der Waals surface area contributed by atoms with Crippen LogP contribution in [0.1, 0.15) is 226 Å². The lowest BCUT2D eigenvalue weighted by Gasteiger charge is -2.22. The predicted octanol–water partition coefficient (Wildman–Crippen LogP) is 11.3. The van der Waals surface area contributed by atoms with Crippen LogP contribution in [0.5, 0.6) is 0 Å². The minimum absolute atomic E-state index is 0.0246. The highest BCUT2D eigenvalue weighted by atomic mass is 16.4. The summed E-state index contributed by atoms with van der Waals surface area (Å²) in [6.07, 6.45) is 44.7. The molecule has 362 valence electrons. The van der Waals surface area contributed by atoms with Gasteiger partial charge in [-0.15, -0.1) is 0 Å². The van der Waals surface area contributed by atoms with Gasteiger partial charge in [-0.2, -0.15) is 0 Å². The molecule has 4 amide bonds. The van der Waals surface area contributed by atoms with Gasteiger partial charge in [-0.25, -0.2) is 0 Å². The molecule has 1 rings (SSSR count). The van der Waals surface area contributed by atoms with E-state index < -0.39 is 17.9 Å². The molecule has 0 aliphatic carbocycles. The van der Waals surface area contributed by atoms with Crippen molar-refractivity contribution in [1.82, 2.24) is 20.9 Å². The van der Waals surface area contributed by atoms with Crippen molar-refractivity contribution in [3.63, 3.8) is 0 Å². The second kappa shape index (κ2) is 41.2. The summed E-state index contributed by atoms with van der Waals surface area (Å²) in [7, 11) is 0. The molecule has 63 heavy (non-hydrogen) atoms. The van der Waals surface area contributed by atoms with Crippen LogP contribution < -0.4 is 16.0 Å². The number of carbonyl (C=O) groups excluding carboxylic acids is 4. The van der Waals surface area contributed by atoms with Crippen molar-refractivity contribution in [2.45, 2.75) is 238 Å². The third-order valence-electron chi connectivity index (χ3n) is 12.1. The van der Waals surface area contributed by atoms with Crippen molar-refractivity contribution < 1.29 is 29.1 Å². The molecular weight excluding hydrogens is 791 g/mol. The molecule has 1 aliphatic heterocycles. The first-order chi connectivity index (χ1) is 30.7. The van der Waals surface area contributed by atoms with Gasteiger partial charge in [-0.1, -0.05) is 148 Å². The Morgan fingerprint density at radius 2 is 1.11 bits per heavy atom. The van der Waals surface area contributed by atoms with E-state index >= 15 is 0 Å². The Morgan fingerprint density at radius 3 is 1.62 bits per heavy atom. The molecule has 0 spiro atoms. The first kappa shape index (κ1) is 57.5. The molecule has 3 unspecified atom stereocenters. The Balaban J connectivity index is 2.46. The average Bonchev–Trinajstić information content (AvgIpc) is 3.75. The van der Waals surface area contributed by atoms with Crippen LogP contribution in [0.15, 0.2) is 29.3 Å². The van der Waals surface area contributed by atoms with Crippen molar-refractivity contribution >= 4 is 35.8 Å². The third kappa shape index (κ3) is 33.6. The van der Waals surface area contributed by atoms with Crippen molar-refractivity contribution in [3.05, 3.63) is 24.3 Å². The number of carboxylic acids is 1. The molecule has 0 aromatic rings. The van der Waals surface area contributed by atoms with Crippen LogP contribution in [-0.2, 0) is 24.0 Å². The summed E-state index contributed by atoms with van der Waals surface area (Å²) in [4.78, 5) is 69.2. The van der Waals surface area contributed by atoms with Crippen LogP contribution in [0.25, 0.3) is 0 Å². The Morgan fingerprint density at radius 1 is 0.635 bits per heavy atom. The van der Waals surface area contributed by atoms with E-state index in [-0.39, 0.29) is 49.2 Å². The minimum Gasteiger partial charge on any atom is -0.481 e. The highest BCUT2D eigenvalue weighted by molar-refractivity contribution is 5.88. The third-order valence-corrected chi connectivity index (χ3v) is 12.1. The first-order valence-corrected chi connectivity index (χ1v) is 25.8. The normalized spacial score (nSPS) is 15.1. The number of likely N-dealkylation sites (tertiary alicyclic amines) is 1. The Bertz CT molecular complexity index is 1290. The maximum atomic E-state index is 13.3. The molecule has 0 saturated carbocycles. The second-order valence-electron chi connectivity index (χ2n) is 18.0. The van der Waals surface area contributed by atoms with Crippen LogP contribution in [-0.4, -0.2) is 84.1 Å². The Kier molecular flexibility index (Phi) is 37.6. The van der Waals surface area contributed by atoms with E-state index in [2.05, 4.69) is 59.1 Å². The summed E-state index contributed by atoms with van der Waals surface area (Å²) in [5.41, 5.74) is 0. The fourth-order valence-electron chi connectivity index (χ4n) is 7.92. The monoisotopic (exact) mass is 884 g/mol. The standard InChI is InChI=1S/C52H93N5O6/c1-4-6-8-10-12-14-16-18-20-22-24-26-28-30-32-36-48(58)55-44-47(56-49(59)37-33-31-29-27-25-23-21-19-17-15-13-11-9-7-5-2)51(61)54-41-40-53-43-46-35-34-42-57(46)50(60)39-38-45(3)52(62)63/h18-21,43,45-47H,4-17,22-42,44H2,1-3H3,(H,54,61)(H,55,58)(H,56,59)(H,62,63)/b20-18-,21-19-,53-43-. The van der Waals surface area contributed by atoms with Gasteiger partial charge < -0.3 is 26.0 Å². The molecule has 3 atom stereocenters. The van der Waals surface area contributed by atoms with Crippen LogP contribution >= 0.6 is 0 Å². The van der Waals surface area contributed by atoms with Crippen LogP contribution in [0.2, 0.25) is 0 Å². The van der Waals surface area contributed by atoms with Crippen LogP contribution in [0.4, 0.5) is 0 Å². The van der Waals surface area contributed by atoms with Gasteiger partial charge in [0.15, 0.2) is 0 Å². The Labute approximate surface area is 384 Å². The maximum absolute atomic E-state index is 13.3. The second-order valence-corrected chi connectivity index (χ2v) is 18.0. The number of aliphatic carboxylic acids is 1. The molecule has 11 nitrogen and oxygen atoms in total. The molecule has 1 fully saturated rings. The number of hydrogen-bond acceptors (Lipinski definition) is 6. The van der Waals surface area contributed by atoms with E-state index in [0.717, 1.165) is 83.5 Å². The lowest BCUT2D eigenvalue weighted by molar-refractivity contribution is -0.141. The molecule has 1 saturated heterocycles. The van der Waals surface area contributed by atoms with E-state index in [1.165, 1.54) is 96.3 Å². The highest BCUT2D eigenvalue weighted by Gasteiger charge is 2.28. The van der Waals surface area contributed by atoms with Gasteiger partial charge in [0.2, 0.25) is 23.6 Å². The number of carbonyl (C=O) groups is 5. The molecule has 11 heteroatoms. The summed E-state index contributed by atoms with van der Waals surface area (Å²) in [5, 5.41) is 17.8. The molecule has 0 radical (unpaired) electrons. The zero-order valence-corrected chi connectivity index (χ0v) is 40.5. The topological polar surface area (TPSA) is 157 Å².